The average Bonchev–Trinajstić information content (AvgIpc) is 2.79. The van der Waals surface area contributed by atoms with Gasteiger partial charge in [0.25, 0.3) is 0 Å². The summed E-state index contributed by atoms with van der Waals surface area (Å²) in [5.74, 6) is 6.73. The van der Waals surface area contributed by atoms with Crippen molar-refractivity contribution in [2.75, 3.05) is 6.54 Å². The molecule has 0 radical (unpaired) electrons. The van der Waals surface area contributed by atoms with E-state index in [4.69, 9.17) is 0 Å². The van der Waals surface area contributed by atoms with Gasteiger partial charge in [-0.15, -0.1) is 0 Å². The zero-order chi connectivity index (χ0) is 20.8. The fraction of sp³-hybridized carbons (Fsp3) is 0.179. The van der Waals surface area contributed by atoms with Crippen molar-refractivity contribution in [3.05, 3.63) is 113 Å². The predicted molar refractivity (Wildman–Crippen MR) is 122 cm³/mol. The molecule has 4 rings (SSSR count). The molecule has 0 saturated carbocycles. The number of benzene rings is 3. The molecule has 3 aromatic carbocycles. The van der Waals surface area contributed by atoms with E-state index in [1.54, 1.807) is 0 Å². The molecule has 1 aliphatic heterocycles. The van der Waals surface area contributed by atoms with Gasteiger partial charge in [-0.2, -0.15) is 0 Å². The van der Waals surface area contributed by atoms with Crippen molar-refractivity contribution in [3.8, 4) is 11.8 Å². The van der Waals surface area contributed by atoms with E-state index < -0.39 is 0 Å². The summed E-state index contributed by atoms with van der Waals surface area (Å²) in [5, 5.41) is 0. The Morgan fingerprint density at radius 1 is 0.867 bits per heavy atom. The van der Waals surface area contributed by atoms with Gasteiger partial charge in [0.15, 0.2) is 0 Å². The van der Waals surface area contributed by atoms with Crippen LogP contribution in [0.2, 0.25) is 0 Å². The Morgan fingerprint density at radius 2 is 1.47 bits per heavy atom. The molecule has 3 aromatic rings. The van der Waals surface area contributed by atoms with E-state index in [9.17, 15) is 0 Å². The van der Waals surface area contributed by atoms with Crippen LogP contribution in [0.5, 0.6) is 0 Å². The van der Waals surface area contributed by atoms with Crippen LogP contribution in [0.1, 0.15) is 42.5 Å². The SMILES string of the molecule is CCCCN1C(c2ccccc2)=C([C](=[Cr])C#Cc2ccccc2)C1c1ccccc1. The molecule has 1 nitrogen and oxygen atoms in total. The molecule has 1 aliphatic rings. The van der Waals surface area contributed by atoms with Crippen LogP contribution >= 0.6 is 0 Å². The second-order valence-corrected chi connectivity index (χ2v) is 8.07. The van der Waals surface area contributed by atoms with Crippen LogP contribution < -0.4 is 0 Å². The van der Waals surface area contributed by atoms with Crippen LogP contribution in [0, 0.1) is 11.8 Å². The Bertz CT molecular complexity index is 1090. The molecule has 0 spiro atoms. The molecular formula is C28H25CrN. The zero-order valence-electron chi connectivity index (χ0n) is 17.2. The standard InChI is InChI=1S/C28H25N.Cr/c1-2-3-22-29-27(24-17-9-5-10-18-24)26(28(29)25-19-11-6-12-20-25)21-13-16-23-14-7-4-8-15-23;/h4-12,14-15,17-20,27H,2-3,22H2,1H3;. The first-order valence-corrected chi connectivity index (χ1v) is 11.2. The van der Waals surface area contributed by atoms with E-state index in [2.05, 4.69) is 112 Å². The second kappa shape index (κ2) is 9.78. The van der Waals surface area contributed by atoms with Gasteiger partial charge in [-0.3, -0.25) is 0 Å². The third kappa shape index (κ3) is 4.34. The van der Waals surface area contributed by atoms with Crippen LogP contribution in [0.3, 0.4) is 0 Å². The summed E-state index contributed by atoms with van der Waals surface area (Å²) in [6.07, 6.45) is 2.35. The first-order valence-electron chi connectivity index (χ1n) is 10.5. The Hall–Kier alpha value is -2.84. The molecule has 30 heavy (non-hydrogen) atoms. The van der Waals surface area contributed by atoms with Crippen molar-refractivity contribution >= 4 is 10.1 Å². The number of unbranched alkanes of at least 4 members (excludes halogenated alkanes) is 1. The fourth-order valence-electron chi connectivity index (χ4n) is 3.92. The molecule has 0 aromatic heterocycles. The minimum atomic E-state index is 0.231. The fourth-order valence-corrected chi connectivity index (χ4v) is 4.33. The molecule has 0 aliphatic carbocycles. The van der Waals surface area contributed by atoms with Crippen LogP contribution in [-0.4, -0.2) is 15.8 Å². The molecule has 0 N–H and O–H groups in total. The van der Waals surface area contributed by atoms with Crippen LogP contribution in [0.4, 0.5) is 0 Å². The van der Waals surface area contributed by atoms with E-state index in [1.807, 2.05) is 18.2 Å². The van der Waals surface area contributed by atoms with Gasteiger partial charge in [0.05, 0.1) is 0 Å². The molecule has 0 bridgehead atoms. The number of hydrogen-bond donors (Lipinski definition) is 0. The molecule has 2 heteroatoms. The van der Waals surface area contributed by atoms with E-state index >= 15 is 0 Å². The molecule has 1 unspecified atom stereocenters. The summed E-state index contributed by atoms with van der Waals surface area (Å²) in [5.41, 5.74) is 6.20. The van der Waals surface area contributed by atoms with Gasteiger partial charge in [-0.05, 0) is 0 Å². The average molecular weight is 428 g/mol. The Balaban J connectivity index is 1.79. The van der Waals surface area contributed by atoms with E-state index in [0.717, 1.165) is 16.5 Å². The van der Waals surface area contributed by atoms with Gasteiger partial charge >= 0.3 is 188 Å². The van der Waals surface area contributed by atoms with Gasteiger partial charge < -0.3 is 0 Å². The van der Waals surface area contributed by atoms with Crippen LogP contribution in [0.25, 0.3) is 5.70 Å². The maximum absolute atomic E-state index is 3.40. The summed E-state index contributed by atoms with van der Waals surface area (Å²) in [7, 11) is 0. The summed E-state index contributed by atoms with van der Waals surface area (Å²) in [6.45, 7) is 3.30. The van der Waals surface area contributed by atoms with Gasteiger partial charge in [-0.25, -0.2) is 0 Å². The van der Waals surface area contributed by atoms with Crippen LogP contribution in [-0.2, 0) is 15.9 Å². The number of hydrogen-bond acceptors (Lipinski definition) is 1. The molecule has 148 valence electrons. The summed E-state index contributed by atoms with van der Waals surface area (Å²) >= 11 is 3.28. The van der Waals surface area contributed by atoms with Crippen molar-refractivity contribution in [1.82, 2.24) is 4.90 Å². The van der Waals surface area contributed by atoms with Gasteiger partial charge in [0.1, 0.15) is 0 Å². The molecule has 1 atom stereocenters. The summed E-state index contributed by atoms with van der Waals surface area (Å²) < 4.78 is 1.03. The summed E-state index contributed by atoms with van der Waals surface area (Å²) in [6, 6.07) is 31.9. The van der Waals surface area contributed by atoms with Crippen molar-refractivity contribution in [2.24, 2.45) is 0 Å². The topological polar surface area (TPSA) is 3.24 Å². The number of nitrogens with zero attached hydrogens (tertiary/aromatic N) is 1. The third-order valence-corrected chi connectivity index (χ3v) is 5.88. The third-order valence-electron chi connectivity index (χ3n) is 5.38. The van der Waals surface area contributed by atoms with E-state index in [-0.39, 0.29) is 6.04 Å². The Morgan fingerprint density at radius 3 is 2.10 bits per heavy atom. The van der Waals surface area contributed by atoms with Gasteiger partial charge in [0, 0.05) is 0 Å². The van der Waals surface area contributed by atoms with Crippen LogP contribution in [0.15, 0.2) is 96.6 Å². The van der Waals surface area contributed by atoms with Crippen molar-refractivity contribution < 1.29 is 15.9 Å². The van der Waals surface area contributed by atoms with E-state index in [1.165, 1.54) is 35.2 Å². The molecule has 1 heterocycles. The first-order chi connectivity index (χ1) is 14.8. The number of rotatable bonds is 6. The van der Waals surface area contributed by atoms with Crippen molar-refractivity contribution in [2.45, 2.75) is 25.8 Å². The minimum absolute atomic E-state index is 0.231. The van der Waals surface area contributed by atoms with Crippen molar-refractivity contribution in [1.29, 1.82) is 0 Å². The van der Waals surface area contributed by atoms with Gasteiger partial charge in [-0.1, -0.05) is 0 Å². The summed E-state index contributed by atoms with van der Waals surface area (Å²) in [4.78, 5) is 2.55. The molecular weight excluding hydrogens is 402 g/mol. The maximum atomic E-state index is 3.40. The first kappa shape index (κ1) is 20.4. The quantitative estimate of drug-likeness (QED) is 0.435. The molecule has 0 fully saturated rings. The van der Waals surface area contributed by atoms with Gasteiger partial charge in [0.2, 0.25) is 0 Å². The molecule has 0 amide bonds. The predicted octanol–water partition coefficient (Wildman–Crippen LogP) is 6.03. The molecule has 0 saturated heterocycles. The Kier molecular flexibility index (Phi) is 6.66. The van der Waals surface area contributed by atoms with E-state index in [0.29, 0.717) is 0 Å². The Labute approximate surface area is 188 Å². The monoisotopic (exact) mass is 427 g/mol. The zero-order valence-corrected chi connectivity index (χ0v) is 18.5. The second-order valence-electron chi connectivity index (χ2n) is 7.43. The normalized spacial score (nSPS) is 15.2. The van der Waals surface area contributed by atoms with Crippen molar-refractivity contribution in [3.63, 3.8) is 0 Å².